The number of hydrogen-bond donors (Lipinski definition) is 1. The molecule has 152 valence electrons. The minimum atomic E-state index is -0.627. The molecule has 1 aliphatic heterocycles. The molecule has 10 heteroatoms. The van der Waals surface area contributed by atoms with Crippen LogP contribution in [0.4, 0.5) is 5.69 Å². The summed E-state index contributed by atoms with van der Waals surface area (Å²) in [6.45, 7) is 1.22. The molecule has 8 nitrogen and oxygen atoms in total. The van der Waals surface area contributed by atoms with E-state index in [2.05, 4.69) is 10.3 Å². The first kappa shape index (κ1) is 19.9. The normalized spacial score (nSPS) is 12.8. The van der Waals surface area contributed by atoms with Crippen molar-refractivity contribution in [1.29, 1.82) is 0 Å². The van der Waals surface area contributed by atoms with Crippen LogP contribution in [0.3, 0.4) is 0 Å². The van der Waals surface area contributed by atoms with E-state index in [4.69, 9.17) is 4.74 Å². The number of rotatable bonds is 5. The second-order valence-electron chi connectivity index (χ2n) is 6.50. The number of nitrogens with zero attached hydrogens (tertiary/aromatic N) is 2. The molecule has 0 saturated heterocycles. The van der Waals surface area contributed by atoms with Crippen LogP contribution in [0.1, 0.15) is 36.1 Å². The Kier molecular flexibility index (Phi) is 5.18. The molecule has 3 amide bonds. The lowest BCUT2D eigenvalue weighted by atomic mass is 10.1. The van der Waals surface area contributed by atoms with E-state index >= 15 is 0 Å². The van der Waals surface area contributed by atoms with Crippen molar-refractivity contribution in [3.63, 3.8) is 0 Å². The average Bonchev–Trinajstić information content (AvgIpc) is 3.43. The van der Waals surface area contributed by atoms with Crippen molar-refractivity contribution >= 4 is 52.1 Å². The number of anilines is 1. The zero-order chi connectivity index (χ0) is 21.4. The topological polar surface area (TPSA) is 106 Å². The summed E-state index contributed by atoms with van der Waals surface area (Å²) in [4.78, 5) is 54.2. The summed E-state index contributed by atoms with van der Waals surface area (Å²) < 4.78 is 5.11. The highest BCUT2D eigenvalue weighted by atomic mass is 32.1. The molecule has 1 aromatic carbocycles. The second kappa shape index (κ2) is 7.81. The van der Waals surface area contributed by atoms with Gasteiger partial charge < -0.3 is 10.1 Å². The van der Waals surface area contributed by atoms with Crippen LogP contribution in [0.5, 0.6) is 0 Å². The molecule has 3 aromatic rings. The third kappa shape index (κ3) is 3.62. The van der Waals surface area contributed by atoms with Gasteiger partial charge in [0.1, 0.15) is 9.88 Å². The minimum absolute atomic E-state index is 0.221. The number of hydrogen-bond acceptors (Lipinski definition) is 8. The average molecular weight is 441 g/mol. The lowest BCUT2D eigenvalue weighted by molar-refractivity contribution is -0.119. The lowest BCUT2D eigenvalue weighted by Gasteiger charge is -2.07. The van der Waals surface area contributed by atoms with Gasteiger partial charge in [-0.3, -0.25) is 19.3 Å². The molecule has 0 bridgehead atoms. The summed E-state index contributed by atoms with van der Waals surface area (Å²) in [6.07, 6.45) is 0. The standard InChI is InChI=1S/C20H15N3O5S2/c1-10-16(30-17(21-10)11-5-6-29-9-11)20(27)28-8-15(24)22-12-3-4-13-14(7-12)19(26)23(2)18(13)25/h3-7,9H,8H2,1-2H3,(H,22,24). The molecule has 0 spiro atoms. The maximum absolute atomic E-state index is 12.4. The number of fused-ring (bicyclic) bond motifs is 1. The molecule has 30 heavy (non-hydrogen) atoms. The van der Waals surface area contributed by atoms with Gasteiger partial charge in [-0.2, -0.15) is 11.3 Å². The second-order valence-corrected chi connectivity index (χ2v) is 8.28. The maximum atomic E-state index is 12.4. The van der Waals surface area contributed by atoms with E-state index in [-0.39, 0.29) is 17.0 Å². The van der Waals surface area contributed by atoms with Crippen LogP contribution < -0.4 is 5.32 Å². The number of aryl methyl sites for hydroxylation is 1. The number of amides is 3. The highest BCUT2D eigenvalue weighted by molar-refractivity contribution is 7.17. The molecule has 0 atom stereocenters. The van der Waals surface area contributed by atoms with Gasteiger partial charge in [0.05, 0.1) is 16.8 Å². The lowest BCUT2D eigenvalue weighted by Crippen LogP contribution is -2.24. The number of nitrogens with one attached hydrogen (secondary N) is 1. The predicted octanol–water partition coefficient (Wildman–Crippen LogP) is 3.20. The highest BCUT2D eigenvalue weighted by Crippen LogP contribution is 2.30. The molecule has 0 aliphatic carbocycles. The Labute approximate surface area is 179 Å². The van der Waals surface area contributed by atoms with Gasteiger partial charge in [-0.1, -0.05) is 0 Å². The fraction of sp³-hybridized carbons (Fsp3) is 0.150. The number of imide groups is 1. The Morgan fingerprint density at radius 3 is 2.67 bits per heavy atom. The van der Waals surface area contributed by atoms with E-state index in [0.717, 1.165) is 10.5 Å². The first-order valence-electron chi connectivity index (χ1n) is 8.78. The van der Waals surface area contributed by atoms with E-state index < -0.39 is 24.4 Å². The minimum Gasteiger partial charge on any atom is -0.451 e. The van der Waals surface area contributed by atoms with Crippen LogP contribution in [0, 0.1) is 6.92 Å². The van der Waals surface area contributed by atoms with Crippen molar-refractivity contribution in [3.8, 4) is 10.6 Å². The number of carbonyl (C=O) groups excluding carboxylic acids is 4. The monoisotopic (exact) mass is 441 g/mol. The Balaban J connectivity index is 1.38. The van der Waals surface area contributed by atoms with Crippen molar-refractivity contribution in [3.05, 3.63) is 56.7 Å². The number of thiazole rings is 1. The van der Waals surface area contributed by atoms with Gasteiger partial charge in [0, 0.05) is 23.7 Å². The number of aromatic nitrogens is 1. The van der Waals surface area contributed by atoms with E-state index in [1.807, 2.05) is 16.8 Å². The summed E-state index contributed by atoms with van der Waals surface area (Å²) in [6, 6.07) is 6.34. The maximum Gasteiger partial charge on any atom is 0.350 e. The zero-order valence-electron chi connectivity index (χ0n) is 15.9. The largest absolute Gasteiger partial charge is 0.451 e. The van der Waals surface area contributed by atoms with E-state index in [1.165, 1.54) is 47.9 Å². The molecule has 0 unspecified atom stereocenters. The third-order valence-electron chi connectivity index (χ3n) is 4.46. The first-order chi connectivity index (χ1) is 14.3. The van der Waals surface area contributed by atoms with Gasteiger partial charge in [-0.05, 0) is 36.6 Å². The summed E-state index contributed by atoms with van der Waals surface area (Å²) in [5, 5.41) is 7.14. The number of ether oxygens (including phenoxy) is 1. The summed E-state index contributed by atoms with van der Waals surface area (Å²) >= 11 is 2.75. The van der Waals surface area contributed by atoms with Crippen molar-refractivity contribution < 1.29 is 23.9 Å². The molecule has 1 aliphatic rings. The van der Waals surface area contributed by atoms with Crippen LogP contribution in [-0.4, -0.2) is 47.2 Å². The molecular weight excluding hydrogens is 426 g/mol. The molecule has 0 saturated carbocycles. The van der Waals surface area contributed by atoms with E-state index in [0.29, 0.717) is 21.3 Å². The number of esters is 1. The third-order valence-corrected chi connectivity index (χ3v) is 6.33. The number of benzene rings is 1. The van der Waals surface area contributed by atoms with Gasteiger partial charge in [0.2, 0.25) is 0 Å². The van der Waals surface area contributed by atoms with Crippen molar-refractivity contribution in [2.24, 2.45) is 0 Å². The Bertz CT molecular complexity index is 1180. The van der Waals surface area contributed by atoms with Gasteiger partial charge >= 0.3 is 5.97 Å². The van der Waals surface area contributed by atoms with Crippen LogP contribution in [-0.2, 0) is 9.53 Å². The number of carbonyl (C=O) groups is 4. The fourth-order valence-corrected chi connectivity index (χ4v) is 4.60. The van der Waals surface area contributed by atoms with Gasteiger partial charge in [-0.25, -0.2) is 9.78 Å². The highest BCUT2D eigenvalue weighted by Gasteiger charge is 2.32. The van der Waals surface area contributed by atoms with Gasteiger partial charge in [0.25, 0.3) is 17.7 Å². The van der Waals surface area contributed by atoms with Crippen LogP contribution in [0.25, 0.3) is 10.6 Å². The number of thiophene rings is 1. The smallest absolute Gasteiger partial charge is 0.350 e. The molecule has 3 heterocycles. The predicted molar refractivity (Wildman–Crippen MR) is 112 cm³/mol. The first-order valence-corrected chi connectivity index (χ1v) is 10.5. The Morgan fingerprint density at radius 2 is 1.93 bits per heavy atom. The Hall–Kier alpha value is -3.37. The van der Waals surface area contributed by atoms with E-state index in [9.17, 15) is 19.2 Å². The molecule has 1 N–H and O–H groups in total. The van der Waals surface area contributed by atoms with Crippen LogP contribution >= 0.6 is 22.7 Å². The van der Waals surface area contributed by atoms with E-state index in [1.54, 1.807) is 6.92 Å². The van der Waals surface area contributed by atoms with Crippen LogP contribution in [0.2, 0.25) is 0 Å². The molecule has 2 aromatic heterocycles. The van der Waals surface area contributed by atoms with Gasteiger partial charge in [0.15, 0.2) is 6.61 Å². The van der Waals surface area contributed by atoms with Crippen molar-refractivity contribution in [2.45, 2.75) is 6.92 Å². The SMILES string of the molecule is Cc1nc(-c2ccsc2)sc1C(=O)OCC(=O)Nc1ccc2c(c1)C(=O)N(C)C2=O. The summed E-state index contributed by atoms with van der Waals surface area (Å²) in [7, 11) is 1.40. The van der Waals surface area contributed by atoms with Crippen LogP contribution in [0.15, 0.2) is 35.0 Å². The molecule has 4 rings (SSSR count). The summed E-state index contributed by atoms with van der Waals surface area (Å²) in [5.41, 5.74) is 2.31. The molecule has 0 fully saturated rings. The Morgan fingerprint density at radius 1 is 1.17 bits per heavy atom. The summed E-state index contributed by atoms with van der Waals surface area (Å²) in [5.74, 6) is -2.00. The van der Waals surface area contributed by atoms with Crippen molar-refractivity contribution in [2.75, 3.05) is 19.0 Å². The van der Waals surface area contributed by atoms with Crippen molar-refractivity contribution in [1.82, 2.24) is 9.88 Å². The fourth-order valence-electron chi connectivity index (χ4n) is 2.93. The quantitative estimate of drug-likeness (QED) is 0.481. The van der Waals surface area contributed by atoms with Gasteiger partial charge in [-0.15, -0.1) is 11.3 Å². The molecule has 0 radical (unpaired) electrons. The molecular formula is C20H15N3O5S2. The zero-order valence-corrected chi connectivity index (χ0v) is 17.6.